The second kappa shape index (κ2) is 8.63. The van der Waals surface area contributed by atoms with Crippen molar-refractivity contribution in [3.63, 3.8) is 0 Å². The SMILES string of the molecule is O=C(CS(=O)(=O)Cc1cccc(Br)c1)Nc1cc(N2CCCC2=O)ccc1Cl. The zero-order valence-corrected chi connectivity index (χ0v) is 18.0. The molecule has 1 aliphatic heterocycles. The van der Waals surface area contributed by atoms with Gasteiger partial charge in [-0.1, -0.05) is 39.7 Å². The topological polar surface area (TPSA) is 83.6 Å². The van der Waals surface area contributed by atoms with Crippen molar-refractivity contribution in [2.75, 3.05) is 22.5 Å². The Bertz CT molecular complexity index is 1030. The molecule has 1 N–H and O–H groups in total. The van der Waals surface area contributed by atoms with Crippen LogP contribution in [0.4, 0.5) is 11.4 Å². The van der Waals surface area contributed by atoms with Crippen LogP contribution < -0.4 is 10.2 Å². The van der Waals surface area contributed by atoms with Crippen LogP contribution in [-0.2, 0) is 25.2 Å². The minimum absolute atomic E-state index is 0.0104. The largest absolute Gasteiger partial charge is 0.324 e. The Kier molecular flexibility index (Phi) is 6.42. The summed E-state index contributed by atoms with van der Waals surface area (Å²) in [4.78, 5) is 25.8. The molecule has 0 spiro atoms. The van der Waals surface area contributed by atoms with Gasteiger partial charge in [-0.2, -0.15) is 0 Å². The third-order valence-electron chi connectivity index (χ3n) is 4.24. The first-order valence-corrected chi connectivity index (χ1v) is 11.6. The number of benzene rings is 2. The fourth-order valence-corrected chi connectivity index (χ4v) is 4.89. The van der Waals surface area contributed by atoms with Gasteiger partial charge >= 0.3 is 0 Å². The van der Waals surface area contributed by atoms with E-state index in [2.05, 4.69) is 21.2 Å². The van der Waals surface area contributed by atoms with Crippen LogP contribution in [0.2, 0.25) is 5.02 Å². The Labute approximate surface area is 176 Å². The van der Waals surface area contributed by atoms with Crippen molar-refractivity contribution in [1.29, 1.82) is 0 Å². The third kappa shape index (κ3) is 5.33. The molecule has 0 radical (unpaired) electrons. The number of nitrogens with zero attached hydrogens (tertiary/aromatic N) is 1. The van der Waals surface area contributed by atoms with E-state index in [1.807, 2.05) is 0 Å². The van der Waals surface area contributed by atoms with E-state index in [1.54, 1.807) is 47.4 Å². The molecule has 2 aromatic rings. The highest BCUT2D eigenvalue weighted by atomic mass is 79.9. The lowest BCUT2D eigenvalue weighted by molar-refractivity contribution is -0.117. The molecule has 0 unspecified atom stereocenters. The van der Waals surface area contributed by atoms with Gasteiger partial charge in [-0.3, -0.25) is 9.59 Å². The first-order chi connectivity index (χ1) is 13.2. The molecule has 6 nitrogen and oxygen atoms in total. The van der Waals surface area contributed by atoms with E-state index >= 15 is 0 Å². The van der Waals surface area contributed by atoms with E-state index in [0.29, 0.717) is 24.2 Å². The molecule has 1 saturated heterocycles. The summed E-state index contributed by atoms with van der Waals surface area (Å²) in [6, 6.07) is 11.8. The maximum absolute atomic E-state index is 12.4. The van der Waals surface area contributed by atoms with E-state index in [1.165, 1.54) is 0 Å². The van der Waals surface area contributed by atoms with Gasteiger partial charge in [0.15, 0.2) is 9.84 Å². The number of carbonyl (C=O) groups is 2. The Balaban J connectivity index is 1.69. The van der Waals surface area contributed by atoms with Gasteiger partial charge in [0.25, 0.3) is 0 Å². The molecule has 0 atom stereocenters. The average molecular weight is 486 g/mol. The van der Waals surface area contributed by atoms with Crippen LogP contribution in [0.25, 0.3) is 0 Å². The molecule has 9 heteroatoms. The van der Waals surface area contributed by atoms with Gasteiger partial charge in [-0.15, -0.1) is 0 Å². The minimum Gasteiger partial charge on any atom is -0.324 e. The number of halogens is 2. The van der Waals surface area contributed by atoms with Crippen molar-refractivity contribution in [2.45, 2.75) is 18.6 Å². The first kappa shape index (κ1) is 20.8. The number of rotatable bonds is 6. The molecule has 0 aromatic heterocycles. The van der Waals surface area contributed by atoms with Crippen molar-refractivity contribution in [3.05, 3.63) is 57.5 Å². The Morgan fingerprint density at radius 2 is 2.00 bits per heavy atom. The van der Waals surface area contributed by atoms with Crippen molar-refractivity contribution in [3.8, 4) is 0 Å². The van der Waals surface area contributed by atoms with Crippen molar-refractivity contribution in [2.24, 2.45) is 0 Å². The van der Waals surface area contributed by atoms with Crippen LogP contribution in [-0.4, -0.2) is 32.5 Å². The van der Waals surface area contributed by atoms with Crippen LogP contribution in [0.3, 0.4) is 0 Å². The van der Waals surface area contributed by atoms with Crippen LogP contribution in [0.5, 0.6) is 0 Å². The lowest BCUT2D eigenvalue weighted by Gasteiger charge is -2.17. The Morgan fingerprint density at radius 3 is 2.68 bits per heavy atom. The van der Waals surface area contributed by atoms with Gasteiger partial charge in [-0.25, -0.2) is 8.42 Å². The number of nitrogens with one attached hydrogen (secondary N) is 1. The fraction of sp³-hybridized carbons (Fsp3) is 0.263. The zero-order chi connectivity index (χ0) is 20.3. The number of hydrogen-bond donors (Lipinski definition) is 1. The molecule has 1 aliphatic rings. The van der Waals surface area contributed by atoms with Crippen molar-refractivity contribution < 1.29 is 18.0 Å². The van der Waals surface area contributed by atoms with Crippen LogP contribution >= 0.6 is 27.5 Å². The number of amides is 2. The summed E-state index contributed by atoms with van der Waals surface area (Å²) >= 11 is 9.42. The normalized spacial score (nSPS) is 14.4. The molecular weight excluding hydrogens is 468 g/mol. The molecular formula is C19H18BrClN2O4S. The van der Waals surface area contributed by atoms with E-state index < -0.39 is 21.5 Å². The molecule has 28 heavy (non-hydrogen) atoms. The predicted molar refractivity (Wildman–Crippen MR) is 113 cm³/mol. The lowest BCUT2D eigenvalue weighted by atomic mass is 10.2. The average Bonchev–Trinajstić information content (AvgIpc) is 3.02. The fourth-order valence-electron chi connectivity index (χ4n) is 3.02. The summed E-state index contributed by atoms with van der Waals surface area (Å²) in [6.07, 6.45) is 1.26. The quantitative estimate of drug-likeness (QED) is 0.675. The lowest BCUT2D eigenvalue weighted by Crippen LogP contribution is -2.25. The second-order valence-electron chi connectivity index (χ2n) is 6.52. The highest BCUT2D eigenvalue weighted by Crippen LogP contribution is 2.30. The first-order valence-electron chi connectivity index (χ1n) is 8.58. The Morgan fingerprint density at radius 1 is 1.21 bits per heavy atom. The highest BCUT2D eigenvalue weighted by Gasteiger charge is 2.23. The molecule has 1 fully saturated rings. The maximum atomic E-state index is 12.4. The smallest absolute Gasteiger partial charge is 0.239 e. The molecule has 1 heterocycles. The van der Waals surface area contributed by atoms with Crippen molar-refractivity contribution in [1.82, 2.24) is 0 Å². The highest BCUT2D eigenvalue weighted by molar-refractivity contribution is 9.10. The van der Waals surface area contributed by atoms with Crippen LogP contribution in [0.1, 0.15) is 18.4 Å². The van der Waals surface area contributed by atoms with Gasteiger partial charge in [0.1, 0.15) is 5.75 Å². The summed E-state index contributed by atoms with van der Waals surface area (Å²) in [7, 11) is -3.66. The van der Waals surface area contributed by atoms with Crippen LogP contribution in [0.15, 0.2) is 46.9 Å². The molecule has 0 bridgehead atoms. The third-order valence-corrected chi connectivity index (χ3v) is 6.53. The summed E-state index contributed by atoms with van der Waals surface area (Å²) < 4.78 is 25.5. The predicted octanol–water partition coefficient (Wildman–Crippen LogP) is 3.78. The van der Waals surface area contributed by atoms with Gasteiger partial charge < -0.3 is 10.2 Å². The zero-order valence-electron chi connectivity index (χ0n) is 14.8. The number of hydrogen-bond acceptors (Lipinski definition) is 4. The number of sulfone groups is 1. The van der Waals surface area contributed by atoms with Crippen molar-refractivity contribution >= 4 is 60.6 Å². The monoisotopic (exact) mass is 484 g/mol. The van der Waals surface area contributed by atoms with Gasteiger partial charge in [0, 0.05) is 23.1 Å². The molecule has 2 amide bonds. The number of anilines is 2. The molecule has 3 rings (SSSR count). The van der Waals surface area contributed by atoms with Crippen LogP contribution in [0, 0.1) is 0 Å². The summed E-state index contributed by atoms with van der Waals surface area (Å²) in [6.45, 7) is 0.606. The summed E-state index contributed by atoms with van der Waals surface area (Å²) in [5.41, 5.74) is 1.50. The molecule has 0 aliphatic carbocycles. The Hall–Kier alpha value is -1.90. The van der Waals surface area contributed by atoms with Gasteiger partial charge in [0.2, 0.25) is 11.8 Å². The maximum Gasteiger partial charge on any atom is 0.239 e. The molecule has 0 saturated carbocycles. The van der Waals surface area contributed by atoms with E-state index in [0.717, 1.165) is 10.9 Å². The molecule has 2 aromatic carbocycles. The minimum atomic E-state index is -3.66. The number of carbonyl (C=O) groups excluding carboxylic acids is 2. The van der Waals surface area contributed by atoms with E-state index in [-0.39, 0.29) is 22.4 Å². The van der Waals surface area contributed by atoms with E-state index in [9.17, 15) is 18.0 Å². The van der Waals surface area contributed by atoms with Gasteiger partial charge in [-0.05, 0) is 42.3 Å². The molecule has 148 valence electrons. The standard InChI is InChI=1S/C19H18BrClN2O4S/c20-14-4-1-3-13(9-14)11-28(26,27)12-18(24)22-17-10-15(6-7-16(17)21)23-8-2-5-19(23)25/h1,3-4,6-7,9-10H,2,5,8,11-12H2,(H,22,24). The van der Waals surface area contributed by atoms with E-state index in [4.69, 9.17) is 11.6 Å². The second-order valence-corrected chi connectivity index (χ2v) is 9.91. The van der Waals surface area contributed by atoms with Gasteiger partial charge in [0.05, 0.1) is 16.5 Å². The summed E-state index contributed by atoms with van der Waals surface area (Å²) in [5, 5.41) is 2.82. The summed E-state index contributed by atoms with van der Waals surface area (Å²) in [5.74, 6) is -1.57.